The van der Waals surface area contributed by atoms with Crippen LogP contribution in [0.3, 0.4) is 0 Å². The zero-order chi connectivity index (χ0) is 13.9. The number of nitrogens with two attached hydrogens (primary N) is 1. The highest BCUT2D eigenvalue weighted by Gasteiger charge is 2.12. The Morgan fingerprint density at radius 1 is 1.00 bits per heavy atom. The molecule has 1 atom stereocenters. The van der Waals surface area contributed by atoms with Crippen LogP contribution in [-0.4, -0.2) is 12.1 Å². The Bertz CT molecular complexity index is 717. The summed E-state index contributed by atoms with van der Waals surface area (Å²) in [4.78, 5) is 4.29. The van der Waals surface area contributed by atoms with Crippen molar-refractivity contribution in [3.63, 3.8) is 0 Å². The number of methoxy groups -OCH3 is 1. The molecule has 0 bridgehead atoms. The fourth-order valence-electron chi connectivity index (χ4n) is 2.38. The van der Waals surface area contributed by atoms with E-state index in [1.165, 1.54) is 0 Å². The zero-order valence-electron chi connectivity index (χ0n) is 11.3. The molecule has 0 amide bonds. The van der Waals surface area contributed by atoms with Crippen molar-refractivity contribution in [1.29, 1.82) is 0 Å². The molecule has 0 aliphatic heterocycles. The van der Waals surface area contributed by atoms with Gasteiger partial charge in [0.15, 0.2) is 0 Å². The number of hydrogen-bond donors (Lipinski definition) is 1. The summed E-state index contributed by atoms with van der Waals surface area (Å²) in [5.74, 6) is 0.831. The molecule has 3 rings (SSSR count). The summed E-state index contributed by atoms with van der Waals surface area (Å²) in [7, 11) is 1.66. The van der Waals surface area contributed by atoms with Crippen LogP contribution in [-0.2, 0) is 0 Å². The summed E-state index contributed by atoms with van der Waals surface area (Å²) in [6.45, 7) is 0. The van der Waals surface area contributed by atoms with Gasteiger partial charge in [-0.25, -0.2) is 0 Å². The summed E-state index contributed by atoms with van der Waals surface area (Å²) < 4.78 is 5.17. The summed E-state index contributed by atoms with van der Waals surface area (Å²) >= 11 is 0. The number of hydrogen-bond acceptors (Lipinski definition) is 3. The number of fused-ring (bicyclic) bond motifs is 1. The maximum atomic E-state index is 6.39. The van der Waals surface area contributed by atoms with Crippen LogP contribution in [0.2, 0.25) is 0 Å². The molecule has 2 aromatic carbocycles. The first-order valence-corrected chi connectivity index (χ1v) is 6.52. The van der Waals surface area contributed by atoms with Crippen molar-refractivity contribution in [1.82, 2.24) is 4.98 Å². The Morgan fingerprint density at radius 3 is 2.50 bits per heavy atom. The Morgan fingerprint density at radius 2 is 1.75 bits per heavy atom. The topological polar surface area (TPSA) is 48.1 Å². The third kappa shape index (κ3) is 2.24. The van der Waals surface area contributed by atoms with Crippen molar-refractivity contribution in [3.8, 4) is 5.75 Å². The predicted octanol–water partition coefficient (Wildman–Crippen LogP) is 3.29. The molecule has 20 heavy (non-hydrogen) atoms. The lowest BCUT2D eigenvalue weighted by Gasteiger charge is -2.15. The van der Waals surface area contributed by atoms with Crippen molar-refractivity contribution in [2.45, 2.75) is 6.04 Å². The number of benzene rings is 2. The van der Waals surface area contributed by atoms with Crippen molar-refractivity contribution in [2.75, 3.05) is 7.11 Å². The third-order valence-corrected chi connectivity index (χ3v) is 3.51. The highest BCUT2D eigenvalue weighted by atomic mass is 16.5. The normalized spacial score (nSPS) is 12.3. The van der Waals surface area contributed by atoms with Crippen LogP contribution in [0, 0.1) is 0 Å². The van der Waals surface area contributed by atoms with Crippen molar-refractivity contribution < 1.29 is 4.74 Å². The van der Waals surface area contributed by atoms with Gasteiger partial charge in [0.05, 0.1) is 13.2 Å². The summed E-state index contributed by atoms with van der Waals surface area (Å²) in [5.41, 5.74) is 8.47. The molecule has 0 fully saturated rings. The maximum Gasteiger partial charge on any atom is 0.118 e. The van der Waals surface area contributed by atoms with E-state index in [-0.39, 0.29) is 6.04 Å². The second kappa shape index (κ2) is 5.31. The lowest BCUT2D eigenvalue weighted by Crippen LogP contribution is -2.12. The summed E-state index contributed by atoms with van der Waals surface area (Å²) in [5, 5.41) is 2.25. The van der Waals surface area contributed by atoms with E-state index in [0.29, 0.717) is 0 Å². The minimum Gasteiger partial charge on any atom is -0.497 e. The molecule has 0 aliphatic rings. The van der Waals surface area contributed by atoms with Crippen molar-refractivity contribution >= 4 is 10.8 Å². The Hall–Kier alpha value is -2.39. The van der Waals surface area contributed by atoms with E-state index in [1.807, 2.05) is 54.9 Å². The van der Waals surface area contributed by atoms with Gasteiger partial charge in [-0.15, -0.1) is 0 Å². The lowest BCUT2D eigenvalue weighted by atomic mass is 9.96. The average molecular weight is 264 g/mol. The minimum absolute atomic E-state index is 0.195. The molecule has 0 radical (unpaired) electrons. The average Bonchev–Trinajstić information content (AvgIpc) is 2.54. The monoisotopic (exact) mass is 264 g/mol. The van der Waals surface area contributed by atoms with Gasteiger partial charge < -0.3 is 10.5 Å². The number of pyridine rings is 1. The van der Waals surface area contributed by atoms with Gasteiger partial charge in [-0.05, 0) is 28.6 Å². The largest absolute Gasteiger partial charge is 0.497 e. The van der Waals surface area contributed by atoms with Crippen LogP contribution >= 0.6 is 0 Å². The van der Waals surface area contributed by atoms with Crippen LogP contribution < -0.4 is 10.5 Å². The first-order chi connectivity index (χ1) is 9.79. The predicted molar refractivity (Wildman–Crippen MR) is 80.8 cm³/mol. The second-order valence-corrected chi connectivity index (χ2v) is 4.70. The highest BCUT2D eigenvalue weighted by molar-refractivity contribution is 5.85. The van der Waals surface area contributed by atoms with E-state index in [9.17, 15) is 0 Å². The van der Waals surface area contributed by atoms with Crippen LogP contribution in [0.5, 0.6) is 5.75 Å². The van der Waals surface area contributed by atoms with Gasteiger partial charge in [0, 0.05) is 17.8 Å². The quantitative estimate of drug-likeness (QED) is 0.789. The van der Waals surface area contributed by atoms with E-state index in [4.69, 9.17) is 10.5 Å². The van der Waals surface area contributed by atoms with Gasteiger partial charge >= 0.3 is 0 Å². The van der Waals surface area contributed by atoms with Crippen molar-refractivity contribution in [2.24, 2.45) is 5.73 Å². The maximum absolute atomic E-state index is 6.39. The Kier molecular flexibility index (Phi) is 3.35. The molecule has 0 saturated carbocycles. The van der Waals surface area contributed by atoms with E-state index < -0.39 is 0 Å². The Balaban J connectivity index is 2.05. The summed E-state index contributed by atoms with van der Waals surface area (Å²) in [6.07, 6.45) is 3.71. The van der Waals surface area contributed by atoms with E-state index in [1.54, 1.807) is 7.11 Å². The van der Waals surface area contributed by atoms with Crippen LogP contribution in [0.15, 0.2) is 60.9 Å². The molecule has 0 aliphatic carbocycles. The minimum atomic E-state index is -0.195. The van der Waals surface area contributed by atoms with Gasteiger partial charge in [0.1, 0.15) is 5.75 Å². The number of aromatic nitrogens is 1. The molecular weight excluding hydrogens is 248 g/mol. The van der Waals surface area contributed by atoms with Crippen LogP contribution in [0.4, 0.5) is 0 Å². The first-order valence-electron chi connectivity index (χ1n) is 6.52. The smallest absolute Gasteiger partial charge is 0.118 e. The molecule has 1 aromatic heterocycles. The van der Waals surface area contributed by atoms with E-state index >= 15 is 0 Å². The molecule has 0 saturated heterocycles. The van der Waals surface area contributed by atoms with Gasteiger partial charge in [0.25, 0.3) is 0 Å². The Labute approximate surface area is 118 Å². The van der Waals surface area contributed by atoms with Gasteiger partial charge in [-0.2, -0.15) is 0 Å². The number of rotatable bonds is 3. The van der Waals surface area contributed by atoms with Crippen molar-refractivity contribution in [3.05, 3.63) is 72.1 Å². The molecule has 3 aromatic rings. The number of ether oxygens (including phenoxy) is 1. The van der Waals surface area contributed by atoms with E-state index in [2.05, 4.69) is 11.1 Å². The molecule has 0 spiro atoms. The van der Waals surface area contributed by atoms with Gasteiger partial charge in [-0.3, -0.25) is 4.98 Å². The highest BCUT2D eigenvalue weighted by Crippen LogP contribution is 2.27. The fourth-order valence-corrected chi connectivity index (χ4v) is 2.38. The summed E-state index contributed by atoms with van der Waals surface area (Å²) in [6, 6.07) is 15.8. The van der Waals surface area contributed by atoms with E-state index in [0.717, 1.165) is 27.6 Å². The van der Waals surface area contributed by atoms with Crippen LogP contribution in [0.25, 0.3) is 10.8 Å². The second-order valence-electron chi connectivity index (χ2n) is 4.70. The van der Waals surface area contributed by atoms with Gasteiger partial charge in [0.2, 0.25) is 0 Å². The molecule has 3 nitrogen and oxygen atoms in total. The third-order valence-electron chi connectivity index (χ3n) is 3.51. The molecule has 1 heterocycles. The molecule has 1 unspecified atom stereocenters. The van der Waals surface area contributed by atoms with Crippen LogP contribution in [0.1, 0.15) is 17.2 Å². The zero-order valence-corrected chi connectivity index (χ0v) is 11.3. The first kappa shape index (κ1) is 12.6. The molecular formula is C17H16N2O. The standard InChI is InChI=1S/C17H16N2O/c1-20-14-8-6-12(7-9-14)17(18)16-11-19-10-13-4-2-3-5-15(13)16/h2-11,17H,18H2,1H3. The molecule has 3 heteroatoms. The fraction of sp³-hybridized carbons (Fsp3) is 0.118. The lowest BCUT2D eigenvalue weighted by molar-refractivity contribution is 0.414. The number of nitrogens with zero attached hydrogens (tertiary/aromatic N) is 1. The SMILES string of the molecule is COc1ccc(C(N)c2cncc3ccccc23)cc1. The van der Waals surface area contributed by atoms with Gasteiger partial charge in [-0.1, -0.05) is 36.4 Å². The molecule has 2 N–H and O–H groups in total. The molecule has 100 valence electrons.